The van der Waals surface area contributed by atoms with Crippen molar-refractivity contribution in [3.63, 3.8) is 0 Å². The van der Waals surface area contributed by atoms with E-state index < -0.39 is 6.04 Å². The number of aromatic nitrogens is 1. The fourth-order valence-electron chi connectivity index (χ4n) is 2.29. The topological polar surface area (TPSA) is 77.5 Å². The predicted molar refractivity (Wildman–Crippen MR) is 95.5 cm³/mol. The number of nitrogens with one attached hydrogen (secondary N) is 1. The number of amides is 1. The van der Waals surface area contributed by atoms with Crippen molar-refractivity contribution in [3.8, 4) is 5.75 Å². The molecule has 6 nitrogen and oxygen atoms in total. The van der Waals surface area contributed by atoms with Crippen LogP contribution in [0.5, 0.6) is 5.75 Å². The van der Waals surface area contributed by atoms with Gasteiger partial charge in [-0.05, 0) is 24.1 Å². The third-order valence-electron chi connectivity index (χ3n) is 3.55. The summed E-state index contributed by atoms with van der Waals surface area (Å²) in [6.45, 7) is 3.59. The van der Waals surface area contributed by atoms with Crippen molar-refractivity contribution in [2.45, 2.75) is 39.3 Å². The van der Waals surface area contributed by atoms with Crippen LogP contribution in [0, 0.1) is 0 Å². The number of carbonyl (C=O) groups is 2. The predicted octanol–water partition coefficient (Wildman–Crippen LogP) is 3.02. The Kier molecular flexibility index (Phi) is 6.94. The molecule has 0 fully saturated rings. The molecule has 0 aliphatic rings. The van der Waals surface area contributed by atoms with E-state index in [0.717, 1.165) is 22.7 Å². The van der Waals surface area contributed by atoms with Crippen molar-refractivity contribution in [2.24, 2.45) is 0 Å². The SMILES string of the molecule is CCc1nc(COC(=O)CC(NC(C)=O)c2ccc(OC)cc2)cs1. The molecule has 7 heteroatoms. The second kappa shape index (κ2) is 9.17. The number of ether oxygens (including phenoxy) is 2. The van der Waals surface area contributed by atoms with Crippen molar-refractivity contribution >= 4 is 23.2 Å². The Morgan fingerprint density at radius 3 is 2.56 bits per heavy atom. The molecule has 0 aliphatic heterocycles. The summed E-state index contributed by atoms with van der Waals surface area (Å²) in [7, 11) is 1.58. The lowest BCUT2D eigenvalue weighted by Crippen LogP contribution is -2.28. The third kappa shape index (κ3) is 5.86. The molecule has 134 valence electrons. The number of methoxy groups -OCH3 is 1. The molecular formula is C18H22N2O4S. The normalized spacial score (nSPS) is 11.6. The van der Waals surface area contributed by atoms with Gasteiger partial charge in [-0.2, -0.15) is 0 Å². The van der Waals surface area contributed by atoms with Crippen molar-refractivity contribution in [1.82, 2.24) is 10.3 Å². The van der Waals surface area contributed by atoms with Crippen molar-refractivity contribution in [2.75, 3.05) is 7.11 Å². The Balaban J connectivity index is 1.97. The maximum Gasteiger partial charge on any atom is 0.308 e. The van der Waals surface area contributed by atoms with E-state index in [1.807, 2.05) is 24.4 Å². The van der Waals surface area contributed by atoms with E-state index in [0.29, 0.717) is 5.75 Å². The highest BCUT2D eigenvalue weighted by Crippen LogP contribution is 2.21. The van der Waals surface area contributed by atoms with Gasteiger partial charge in [0.15, 0.2) is 0 Å². The lowest BCUT2D eigenvalue weighted by Gasteiger charge is -2.18. The molecule has 1 aromatic carbocycles. The minimum Gasteiger partial charge on any atom is -0.497 e. The standard InChI is InChI=1S/C18H22N2O4S/c1-4-17-20-14(11-25-17)10-24-18(22)9-16(19-12(2)21)13-5-7-15(23-3)8-6-13/h5-8,11,16H,4,9-10H2,1-3H3,(H,19,21). The average Bonchev–Trinajstić information content (AvgIpc) is 3.07. The first-order valence-electron chi connectivity index (χ1n) is 8.01. The summed E-state index contributed by atoms with van der Waals surface area (Å²) >= 11 is 1.55. The van der Waals surface area contributed by atoms with Crippen molar-refractivity contribution in [3.05, 3.63) is 45.9 Å². The Morgan fingerprint density at radius 2 is 2.00 bits per heavy atom. The molecule has 2 rings (SSSR count). The number of thiazole rings is 1. The molecule has 1 amide bonds. The molecule has 1 unspecified atom stereocenters. The van der Waals surface area contributed by atoms with Crippen molar-refractivity contribution < 1.29 is 19.1 Å². The summed E-state index contributed by atoms with van der Waals surface area (Å²) < 4.78 is 10.4. The smallest absolute Gasteiger partial charge is 0.308 e. The van der Waals surface area contributed by atoms with Crippen molar-refractivity contribution in [1.29, 1.82) is 0 Å². The van der Waals surface area contributed by atoms with Crippen LogP contribution in [0.4, 0.5) is 0 Å². The molecule has 0 saturated heterocycles. The summed E-state index contributed by atoms with van der Waals surface area (Å²) in [4.78, 5) is 28.0. The van der Waals surface area contributed by atoms with E-state index in [4.69, 9.17) is 9.47 Å². The zero-order chi connectivity index (χ0) is 18.2. The number of hydrogen-bond donors (Lipinski definition) is 1. The summed E-state index contributed by atoms with van der Waals surface area (Å²) in [6.07, 6.45) is 0.914. The number of benzene rings is 1. The maximum atomic E-state index is 12.2. The number of esters is 1. The number of hydrogen-bond acceptors (Lipinski definition) is 6. The second-order valence-corrected chi connectivity index (χ2v) is 6.42. The summed E-state index contributed by atoms with van der Waals surface area (Å²) in [5.74, 6) is 0.115. The van der Waals surface area contributed by atoms with E-state index in [2.05, 4.69) is 10.3 Å². The zero-order valence-electron chi connectivity index (χ0n) is 14.6. The quantitative estimate of drug-likeness (QED) is 0.731. The number of nitrogens with zero attached hydrogens (tertiary/aromatic N) is 1. The van der Waals surface area contributed by atoms with Gasteiger partial charge in [-0.15, -0.1) is 11.3 Å². The van der Waals surface area contributed by atoms with Gasteiger partial charge in [0.25, 0.3) is 0 Å². The molecule has 0 bridgehead atoms. The lowest BCUT2D eigenvalue weighted by molar-refractivity contribution is -0.145. The summed E-state index contributed by atoms with van der Waals surface area (Å²) in [5, 5.41) is 5.69. The molecule has 2 aromatic rings. The van der Waals surface area contributed by atoms with Gasteiger partial charge in [0.05, 0.1) is 30.3 Å². The monoisotopic (exact) mass is 362 g/mol. The van der Waals surface area contributed by atoms with E-state index in [9.17, 15) is 9.59 Å². The first-order valence-corrected chi connectivity index (χ1v) is 8.89. The summed E-state index contributed by atoms with van der Waals surface area (Å²) in [5.41, 5.74) is 1.56. The molecular weight excluding hydrogens is 340 g/mol. The molecule has 0 spiro atoms. The van der Waals surface area contributed by atoms with Crippen LogP contribution in [0.25, 0.3) is 0 Å². The minimum atomic E-state index is -0.447. The highest BCUT2D eigenvalue weighted by Gasteiger charge is 2.18. The molecule has 25 heavy (non-hydrogen) atoms. The van der Waals surface area contributed by atoms with Crippen LogP contribution in [-0.4, -0.2) is 24.0 Å². The van der Waals surface area contributed by atoms with Gasteiger partial charge in [0.2, 0.25) is 5.91 Å². The minimum absolute atomic E-state index is 0.0523. The van der Waals surface area contributed by atoms with Crippen LogP contribution in [0.1, 0.15) is 42.6 Å². The van der Waals surface area contributed by atoms with Gasteiger partial charge in [0, 0.05) is 12.3 Å². The Morgan fingerprint density at radius 1 is 1.28 bits per heavy atom. The van der Waals surface area contributed by atoms with E-state index in [-0.39, 0.29) is 24.9 Å². The molecule has 1 N–H and O–H groups in total. The molecule has 0 radical (unpaired) electrons. The Hall–Kier alpha value is -2.41. The van der Waals surface area contributed by atoms with Crippen LogP contribution in [-0.2, 0) is 27.4 Å². The first kappa shape index (κ1) is 18.9. The number of carbonyl (C=O) groups excluding carboxylic acids is 2. The highest BCUT2D eigenvalue weighted by atomic mass is 32.1. The average molecular weight is 362 g/mol. The molecule has 0 saturated carbocycles. The van der Waals surface area contributed by atoms with E-state index >= 15 is 0 Å². The Labute approximate surface area is 151 Å². The Bertz CT molecular complexity index is 712. The van der Waals surface area contributed by atoms with Gasteiger partial charge >= 0.3 is 5.97 Å². The van der Waals surface area contributed by atoms with Crippen LogP contribution >= 0.6 is 11.3 Å². The fraction of sp³-hybridized carbons (Fsp3) is 0.389. The largest absolute Gasteiger partial charge is 0.497 e. The van der Waals surface area contributed by atoms with E-state index in [1.54, 1.807) is 30.6 Å². The fourth-order valence-corrected chi connectivity index (χ4v) is 3.02. The maximum absolute atomic E-state index is 12.2. The molecule has 1 aromatic heterocycles. The first-order chi connectivity index (χ1) is 12.0. The summed E-state index contributed by atoms with van der Waals surface area (Å²) in [6, 6.07) is 6.77. The van der Waals surface area contributed by atoms with Gasteiger partial charge in [-0.25, -0.2) is 4.98 Å². The second-order valence-electron chi connectivity index (χ2n) is 5.48. The molecule has 1 heterocycles. The lowest BCUT2D eigenvalue weighted by atomic mass is 10.0. The number of aryl methyl sites for hydroxylation is 1. The third-order valence-corrected chi connectivity index (χ3v) is 4.59. The zero-order valence-corrected chi connectivity index (χ0v) is 15.4. The van der Waals surface area contributed by atoms with Gasteiger partial charge < -0.3 is 14.8 Å². The number of rotatable bonds is 8. The van der Waals surface area contributed by atoms with Gasteiger partial charge in [-0.1, -0.05) is 19.1 Å². The highest BCUT2D eigenvalue weighted by molar-refractivity contribution is 7.09. The van der Waals surface area contributed by atoms with Crippen LogP contribution in [0.15, 0.2) is 29.6 Å². The van der Waals surface area contributed by atoms with Crippen LogP contribution < -0.4 is 10.1 Å². The van der Waals surface area contributed by atoms with E-state index in [1.165, 1.54) is 6.92 Å². The van der Waals surface area contributed by atoms with Gasteiger partial charge in [-0.3, -0.25) is 9.59 Å². The van der Waals surface area contributed by atoms with Crippen LogP contribution in [0.3, 0.4) is 0 Å². The van der Waals surface area contributed by atoms with Gasteiger partial charge in [0.1, 0.15) is 12.4 Å². The molecule has 0 aliphatic carbocycles. The molecule has 1 atom stereocenters. The van der Waals surface area contributed by atoms with Crippen LogP contribution in [0.2, 0.25) is 0 Å².